The van der Waals surface area contributed by atoms with E-state index in [2.05, 4.69) is 4.90 Å². The van der Waals surface area contributed by atoms with E-state index >= 15 is 0 Å². The van der Waals surface area contributed by atoms with Crippen LogP contribution >= 0.6 is 23.2 Å². The molecule has 0 spiro atoms. The van der Waals surface area contributed by atoms with Gasteiger partial charge in [-0.15, -0.1) is 0 Å². The minimum Gasteiger partial charge on any atom is -0.298 e. The molecule has 0 aliphatic carbocycles. The molecular formula is C20H17Cl2NO. The van der Waals surface area contributed by atoms with Crippen LogP contribution in [0.15, 0.2) is 59.7 Å². The fraction of sp³-hybridized carbons (Fsp3) is 0.150. The quantitative estimate of drug-likeness (QED) is 0.706. The van der Waals surface area contributed by atoms with Crippen molar-refractivity contribution in [2.45, 2.75) is 0 Å². The fourth-order valence-electron chi connectivity index (χ4n) is 2.73. The standard InChI is InChI=1S/C20H17Cl2NO/c1-23-12-16(10-14-2-6-18(21)7-3-14)20(24)17(13-23)11-15-4-8-19(22)9-5-15/h2-11H,12-13H2,1H3/b16-10+,17-11+. The Morgan fingerprint density at radius 3 is 1.54 bits per heavy atom. The summed E-state index contributed by atoms with van der Waals surface area (Å²) in [5.41, 5.74) is 3.52. The zero-order valence-electron chi connectivity index (χ0n) is 13.3. The van der Waals surface area contributed by atoms with Crippen LogP contribution in [0.5, 0.6) is 0 Å². The van der Waals surface area contributed by atoms with E-state index in [0.717, 1.165) is 22.3 Å². The minimum absolute atomic E-state index is 0.0954. The number of piperidine rings is 1. The summed E-state index contributed by atoms with van der Waals surface area (Å²) >= 11 is 11.8. The number of carbonyl (C=O) groups excluding carboxylic acids is 1. The molecule has 24 heavy (non-hydrogen) atoms. The molecule has 1 heterocycles. The first-order valence-corrected chi connectivity index (χ1v) is 8.42. The topological polar surface area (TPSA) is 20.3 Å². The highest BCUT2D eigenvalue weighted by molar-refractivity contribution is 6.30. The van der Waals surface area contributed by atoms with Gasteiger partial charge in [-0.25, -0.2) is 0 Å². The van der Waals surface area contributed by atoms with Crippen LogP contribution < -0.4 is 0 Å². The molecule has 1 fully saturated rings. The number of ketones is 1. The summed E-state index contributed by atoms with van der Waals surface area (Å²) in [6, 6.07) is 15.0. The Morgan fingerprint density at radius 1 is 0.792 bits per heavy atom. The van der Waals surface area contributed by atoms with Crippen molar-refractivity contribution in [3.63, 3.8) is 0 Å². The van der Waals surface area contributed by atoms with E-state index in [4.69, 9.17) is 23.2 Å². The number of hydrogen-bond donors (Lipinski definition) is 0. The summed E-state index contributed by atoms with van der Waals surface area (Å²) in [5.74, 6) is 0.0954. The summed E-state index contributed by atoms with van der Waals surface area (Å²) in [6.45, 7) is 1.28. The lowest BCUT2D eigenvalue weighted by atomic mass is 9.94. The highest BCUT2D eigenvalue weighted by Crippen LogP contribution is 2.22. The molecule has 0 N–H and O–H groups in total. The first-order chi connectivity index (χ1) is 11.5. The predicted octanol–water partition coefficient (Wildman–Crippen LogP) is 4.97. The monoisotopic (exact) mass is 357 g/mol. The molecule has 1 aliphatic rings. The lowest BCUT2D eigenvalue weighted by molar-refractivity contribution is -0.113. The van der Waals surface area contributed by atoms with Gasteiger partial charge in [0, 0.05) is 34.3 Å². The highest BCUT2D eigenvalue weighted by Gasteiger charge is 2.23. The van der Waals surface area contributed by atoms with Crippen molar-refractivity contribution in [2.24, 2.45) is 0 Å². The van der Waals surface area contributed by atoms with Gasteiger partial charge in [-0.1, -0.05) is 47.5 Å². The fourth-order valence-corrected chi connectivity index (χ4v) is 2.98. The van der Waals surface area contributed by atoms with Gasteiger partial charge in [-0.3, -0.25) is 9.69 Å². The number of carbonyl (C=O) groups is 1. The third kappa shape index (κ3) is 4.15. The van der Waals surface area contributed by atoms with Gasteiger partial charge in [0.1, 0.15) is 0 Å². The average Bonchev–Trinajstić information content (AvgIpc) is 2.56. The van der Waals surface area contributed by atoms with Crippen molar-refractivity contribution >= 4 is 41.1 Å². The Bertz CT molecular complexity index is 737. The van der Waals surface area contributed by atoms with Gasteiger partial charge >= 0.3 is 0 Å². The summed E-state index contributed by atoms with van der Waals surface area (Å²) in [6.07, 6.45) is 3.87. The van der Waals surface area contributed by atoms with Gasteiger partial charge in [-0.2, -0.15) is 0 Å². The molecule has 3 rings (SSSR count). The van der Waals surface area contributed by atoms with Crippen molar-refractivity contribution < 1.29 is 4.79 Å². The van der Waals surface area contributed by atoms with Crippen molar-refractivity contribution in [1.82, 2.24) is 4.90 Å². The lowest BCUT2D eigenvalue weighted by Crippen LogP contribution is -2.34. The second-order valence-electron chi connectivity index (χ2n) is 5.94. The molecule has 0 unspecified atom stereocenters. The van der Waals surface area contributed by atoms with E-state index in [9.17, 15) is 4.79 Å². The molecule has 122 valence electrons. The van der Waals surface area contributed by atoms with Gasteiger partial charge in [0.15, 0.2) is 5.78 Å². The maximum Gasteiger partial charge on any atom is 0.187 e. The average molecular weight is 358 g/mol. The minimum atomic E-state index is 0.0954. The normalized spacial score (nSPS) is 19.2. The summed E-state index contributed by atoms with van der Waals surface area (Å²) in [7, 11) is 2.01. The largest absolute Gasteiger partial charge is 0.298 e. The first kappa shape index (κ1) is 17.0. The van der Waals surface area contributed by atoms with Gasteiger partial charge < -0.3 is 0 Å². The number of hydrogen-bond acceptors (Lipinski definition) is 2. The van der Waals surface area contributed by atoms with Crippen LogP contribution in [0.2, 0.25) is 10.0 Å². The molecule has 2 aromatic rings. The molecule has 0 saturated carbocycles. The third-order valence-electron chi connectivity index (χ3n) is 3.89. The van der Waals surface area contributed by atoms with E-state index < -0.39 is 0 Å². The summed E-state index contributed by atoms with van der Waals surface area (Å²) < 4.78 is 0. The summed E-state index contributed by atoms with van der Waals surface area (Å²) in [4.78, 5) is 14.9. The van der Waals surface area contributed by atoms with Crippen LogP contribution in [0.3, 0.4) is 0 Å². The molecule has 0 radical (unpaired) electrons. The van der Waals surface area contributed by atoms with Crippen molar-refractivity contribution in [1.29, 1.82) is 0 Å². The van der Waals surface area contributed by atoms with E-state index in [-0.39, 0.29) is 5.78 Å². The van der Waals surface area contributed by atoms with Crippen molar-refractivity contribution in [3.8, 4) is 0 Å². The lowest BCUT2D eigenvalue weighted by Gasteiger charge is -2.26. The van der Waals surface area contributed by atoms with E-state index in [0.29, 0.717) is 23.1 Å². The predicted molar refractivity (Wildman–Crippen MR) is 101 cm³/mol. The van der Waals surface area contributed by atoms with Crippen molar-refractivity contribution in [2.75, 3.05) is 20.1 Å². The molecule has 0 bridgehead atoms. The number of Topliss-reactive ketones (excluding diaryl/α,β-unsaturated/α-hetero) is 1. The number of rotatable bonds is 2. The second kappa shape index (κ2) is 7.35. The van der Waals surface area contributed by atoms with Gasteiger partial charge in [0.2, 0.25) is 0 Å². The number of nitrogens with zero attached hydrogens (tertiary/aromatic N) is 1. The maximum absolute atomic E-state index is 12.8. The molecule has 0 atom stereocenters. The zero-order valence-corrected chi connectivity index (χ0v) is 14.8. The second-order valence-corrected chi connectivity index (χ2v) is 6.82. The van der Waals surface area contributed by atoms with Crippen LogP contribution in [0.25, 0.3) is 12.2 Å². The Kier molecular flexibility index (Phi) is 5.20. The molecule has 2 nitrogen and oxygen atoms in total. The molecule has 0 amide bonds. The Balaban J connectivity index is 1.90. The van der Waals surface area contributed by atoms with Crippen molar-refractivity contribution in [3.05, 3.63) is 80.8 Å². The molecule has 0 aromatic heterocycles. The van der Waals surface area contributed by atoms with Crippen LogP contribution in [0, 0.1) is 0 Å². The van der Waals surface area contributed by atoms with Gasteiger partial charge in [0.25, 0.3) is 0 Å². The van der Waals surface area contributed by atoms with E-state index in [1.807, 2.05) is 67.7 Å². The maximum atomic E-state index is 12.8. The number of likely N-dealkylation sites (N-methyl/N-ethyl adjacent to an activating group) is 1. The molecule has 2 aromatic carbocycles. The third-order valence-corrected chi connectivity index (χ3v) is 4.39. The van der Waals surface area contributed by atoms with Crippen LogP contribution in [-0.4, -0.2) is 30.8 Å². The van der Waals surface area contributed by atoms with Crippen LogP contribution in [0.4, 0.5) is 0 Å². The van der Waals surface area contributed by atoms with E-state index in [1.165, 1.54) is 0 Å². The molecule has 1 saturated heterocycles. The number of benzene rings is 2. The highest BCUT2D eigenvalue weighted by atomic mass is 35.5. The summed E-state index contributed by atoms with van der Waals surface area (Å²) in [5, 5.41) is 1.38. The Labute approximate surface area is 152 Å². The molecule has 4 heteroatoms. The number of halogens is 2. The smallest absolute Gasteiger partial charge is 0.187 e. The SMILES string of the molecule is CN1C/C(=C\c2ccc(Cl)cc2)C(=O)/C(=C/c2ccc(Cl)cc2)C1. The van der Waals surface area contributed by atoms with Gasteiger partial charge in [0.05, 0.1) is 0 Å². The Hall–Kier alpha value is -1.87. The Morgan fingerprint density at radius 2 is 1.17 bits per heavy atom. The first-order valence-electron chi connectivity index (χ1n) is 7.67. The molecule has 1 aliphatic heterocycles. The van der Waals surface area contributed by atoms with E-state index in [1.54, 1.807) is 0 Å². The van der Waals surface area contributed by atoms with Crippen LogP contribution in [0.1, 0.15) is 11.1 Å². The van der Waals surface area contributed by atoms with Crippen LogP contribution in [-0.2, 0) is 4.79 Å². The zero-order chi connectivity index (χ0) is 17.1. The van der Waals surface area contributed by atoms with Gasteiger partial charge in [-0.05, 0) is 54.6 Å². The number of likely N-dealkylation sites (tertiary alicyclic amines) is 1. The molecular weight excluding hydrogens is 341 g/mol.